The van der Waals surface area contributed by atoms with E-state index in [1.807, 2.05) is 13.0 Å². The number of hydrogen-bond acceptors (Lipinski definition) is 7. The number of aliphatic hydroxyl groups is 1. The highest BCUT2D eigenvalue weighted by Crippen LogP contribution is 2.35. The molecule has 0 bridgehead atoms. The maximum Gasteiger partial charge on any atom is 0.308 e. The monoisotopic (exact) mass is 534 g/mol. The number of ether oxygens (including phenoxy) is 3. The fraction of sp³-hybridized carbons (Fsp3) is 0.367. The lowest BCUT2D eigenvalue weighted by atomic mass is 10.0. The Hall–Kier alpha value is -4.11. The van der Waals surface area contributed by atoms with Gasteiger partial charge in [-0.1, -0.05) is 56.2 Å². The van der Waals surface area contributed by atoms with Crippen molar-refractivity contribution in [3.05, 3.63) is 93.9 Å². The van der Waals surface area contributed by atoms with Crippen LogP contribution in [0.4, 0.5) is 0 Å². The van der Waals surface area contributed by atoms with Gasteiger partial charge in [0.05, 0.1) is 24.6 Å². The summed E-state index contributed by atoms with van der Waals surface area (Å²) in [4.78, 5) is 39.8. The molecular formula is C30H34N2O7. The summed E-state index contributed by atoms with van der Waals surface area (Å²) in [5.74, 6) is 0.234. The number of amides is 1. The molecule has 9 heteroatoms. The Morgan fingerprint density at radius 3 is 2.54 bits per heavy atom. The molecule has 39 heavy (non-hydrogen) atoms. The first-order chi connectivity index (χ1) is 18.9. The Morgan fingerprint density at radius 2 is 1.79 bits per heavy atom. The van der Waals surface area contributed by atoms with Crippen molar-refractivity contribution in [1.29, 1.82) is 0 Å². The van der Waals surface area contributed by atoms with Gasteiger partial charge in [0.25, 0.3) is 5.56 Å². The minimum absolute atomic E-state index is 0.0959. The normalized spacial score (nSPS) is 14.3. The topological polar surface area (TPSA) is 116 Å². The van der Waals surface area contributed by atoms with Gasteiger partial charge in [-0.25, -0.2) is 0 Å². The molecule has 0 spiro atoms. The Bertz CT molecular complexity index is 1340. The van der Waals surface area contributed by atoms with Crippen molar-refractivity contribution in [2.24, 2.45) is 0 Å². The van der Waals surface area contributed by atoms with E-state index in [4.69, 9.17) is 14.2 Å². The van der Waals surface area contributed by atoms with Gasteiger partial charge in [-0.3, -0.25) is 14.4 Å². The second-order valence-corrected chi connectivity index (χ2v) is 9.33. The summed E-state index contributed by atoms with van der Waals surface area (Å²) in [5.41, 5.74) is 0.960. The standard InChI is InChI=1S/C30H34N2O7/c1-3-5-13-24(32-16-9-12-22(30(32)36)28(34)20-10-7-6-8-11-20)29(35)31-23(18-27(33)37-4-2)21-14-15-25-26(17-21)39-19-38-25/h6-12,14-17,23-24,28,34H,3-5,13,18-19H2,1-2H3,(H,31,35). The van der Waals surface area contributed by atoms with E-state index in [0.717, 1.165) is 6.42 Å². The second-order valence-electron chi connectivity index (χ2n) is 9.33. The van der Waals surface area contributed by atoms with Gasteiger partial charge < -0.3 is 29.2 Å². The molecule has 2 aromatic carbocycles. The number of carbonyl (C=O) groups is 2. The summed E-state index contributed by atoms with van der Waals surface area (Å²) >= 11 is 0. The molecule has 0 fully saturated rings. The molecule has 2 heterocycles. The number of benzene rings is 2. The van der Waals surface area contributed by atoms with Crippen LogP contribution in [0.5, 0.6) is 11.5 Å². The smallest absolute Gasteiger partial charge is 0.308 e. The number of nitrogens with zero attached hydrogens (tertiary/aromatic N) is 1. The van der Waals surface area contributed by atoms with Crippen molar-refractivity contribution >= 4 is 11.9 Å². The fourth-order valence-electron chi connectivity index (χ4n) is 4.63. The van der Waals surface area contributed by atoms with Gasteiger partial charge in [0.1, 0.15) is 12.1 Å². The largest absolute Gasteiger partial charge is 0.466 e. The second kappa shape index (κ2) is 13.1. The van der Waals surface area contributed by atoms with Gasteiger partial charge in [0.15, 0.2) is 11.5 Å². The van der Waals surface area contributed by atoms with E-state index in [1.54, 1.807) is 67.7 Å². The predicted molar refractivity (Wildman–Crippen MR) is 144 cm³/mol. The maximum atomic E-state index is 13.8. The van der Waals surface area contributed by atoms with Crippen molar-refractivity contribution < 1.29 is 28.9 Å². The molecule has 3 atom stereocenters. The molecule has 0 aliphatic carbocycles. The lowest BCUT2D eigenvalue weighted by Crippen LogP contribution is -2.40. The zero-order valence-electron chi connectivity index (χ0n) is 22.2. The SMILES string of the molecule is CCCCC(C(=O)NC(CC(=O)OCC)c1ccc2c(c1)OCO2)n1cccc(C(O)c2ccccc2)c1=O. The number of rotatable bonds is 12. The number of fused-ring (bicyclic) bond motifs is 1. The summed E-state index contributed by atoms with van der Waals surface area (Å²) in [6, 6.07) is 15.8. The zero-order chi connectivity index (χ0) is 27.8. The van der Waals surface area contributed by atoms with Crippen LogP contribution in [-0.4, -0.2) is 34.9 Å². The van der Waals surface area contributed by atoms with Crippen molar-refractivity contribution in [2.45, 2.75) is 57.7 Å². The molecule has 0 saturated carbocycles. The molecular weight excluding hydrogens is 500 g/mol. The molecule has 0 saturated heterocycles. The van der Waals surface area contributed by atoms with Crippen LogP contribution in [-0.2, 0) is 14.3 Å². The van der Waals surface area contributed by atoms with Crippen LogP contribution in [0, 0.1) is 0 Å². The molecule has 206 valence electrons. The average Bonchev–Trinajstić information content (AvgIpc) is 3.42. The summed E-state index contributed by atoms with van der Waals surface area (Å²) in [7, 11) is 0. The quantitative estimate of drug-likeness (QED) is 0.335. The first-order valence-corrected chi connectivity index (χ1v) is 13.2. The predicted octanol–water partition coefficient (Wildman–Crippen LogP) is 4.20. The van der Waals surface area contributed by atoms with E-state index < -0.39 is 35.6 Å². The van der Waals surface area contributed by atoms with Crippen LogP contribution >= 0.6 is 0 Å². The number of aliphatic hydroxyl groups excluding tert-OH is 1. The minimum Gasteiger partial charge on any atom is -0.466 e. The van der Waals surface area contributed by atoms with Crippen LogP contribution < -0.4 is 20.3 Å². The third kappa shape index (κ3) is 6.67. The maximum absolute atomic E-state index is 13.8. The summed E-state index contributed by atoms with van der Waals surface area (Å²) < 4.78 is 17.4. The molecule has 0 radical (unpaired) electrons. The zero-order valence-corrected chi connectivity index (χ0v) is 22.2. The number of esters is 1. The molecule has 1 aliphatic rings. The third-order valence-corrected chi connectivity index (χ3v) is 6.67. The van der Waals surface area contributed by atoms with Gasteiger partial charge in [0, 0.05) is 6.20 Å². The molecule has 3 unspecified atom stereocenters. The number of carbonyl (C=O) groups excluding carboxylic acids is 2. The first kappa shape index (κ1) is 27.9. The number of aromatic nitrogens is 1. The number of unbranched alkanes of at least 4 members (excludes halogenated alkanes) is 1. The molecule has 1 amide bonds. The van der Waals surface area contributed by atoms with Crippen LogP contribution in [0.2, 0.25) is 0 Å². The molecule has 1 aromatic heterocycles. The van der Waals surface area contributed by atoms with E-state index in [2.05, 4.69) is 5.32 Å². The number of hydrogen-bond donors (Lipinski definition) is 2. The first-order valence-electron chi connectivity index (χ1n) is 13.2. The fourth-order valence-corrected chi connectivity index (χ4v) is 4.63. The van der Waals surface area contributed by atoms with E-state index in [0.29, 0.717) is 35.5 Å². The minimum atomic E-state index is -1.13. The van der Waals surface area contributed by atoms with E-state index >= 15 is 0 Å². The van der Waals surface area contributed by atoms with Gasteiger partial charge in [-0.05, 0) is 48.7 Å². The number of pyridine rings is 1. The van der Waals surface area contributed by atoms with E-state index in [-0.39, 0.29) is 25.4 Å². The summed E-state index contributed by atoms with van der Waals surface area (Å²) in [5, 5.41) is 13.9. The highest BCUT2D eigenvalue weighted by atomic mass is 16.7. The van der Waals surface area contributed by atoms with E-state index in [9.17, 15) is 19.5 Å². The molecule has 9 nitrogen and oxygen atoms in total. The lowest BCUT2D eigenvalue weighted by molar-refractivity contribution is -0.143. The Balaban J connectivity index is 1.65. The van der Waals surface area contributed by atoms with Gasteiger partial charge in [0.2, 0.25) is 12.7 Å². The van der Waals surface area contributed by atoms with Gasteiger partial charge >= 0.3 is 5.97 Å². The molecule has 4 rings (SSSR count). The van der Waals surface area contributed by atoms with E-state index in [1.165, 1.54) is 4.57 Å². The molecule has 2 N–H and O–H groups in total. The Labute approximate surface area is 227 Å². The van der Waals surface area contributed by atoms with Crippen LogP contribution in [0.3, 0.4) is 0 Å². The highest BCUT2D eigenvalue weighted by Gasteiger charge is 2.28. The Kier molecular flexibility index (Phi) is 9.38. The van der Waals surface area contributed by atoms with Crippen LogP contribution in [0.15, 0.2) is 71.7 Å². The summed E-state index contributed by atoms with van der Waals surface area (Å²) in [6.07, 6.45) is 2.25. The molecule has 1 aliphatic heterocycles. The van der Waals surface area contributed by atoms with Crippen LogP contribution in [0.25, 0.3) is 0 Å². The van der Waals surface area contributed by atoms with Crippen molar-refractivity contribution in [2.75, 3.05) is 13.4 Å². The van der Waals surface area contributed by atoms with Crippen molar-refractivity contribution in [1.82, 2.24) is 9.88 Å². The van der Waals surface area contributed by atoms with Gasteiger partial charge in [-0.15, -0.1) is 0 Å². The third-order valence-electron chi connectivity index (χ3n) is 6.67. The van der Waals surface area contributed by atoms with Crippen LogP contribution in [0.1, 0.15) is 74.4 Å². The van der Waals surface area contributed by atoms with Crippen molar-refractivity contribution in [3.8, 4) is 11.5 Å². The number of nitrogens with one attached hydrogen (secondary N) is 1. The van der Waals surface area contributed by atoms with Gasteiger partial charge in [-0.2, -0.15) is 0 Å². The average molecular weight is 535 g/mol. The lowest BCUT2D eigenvalue weighted by Gasteiger charge is -2.25. The highest BCUT2D eigenvalue weighted by molar-refractivity contribution is 5.82. The van der Waals surface area contributed by atoms with Crippen molar-refractivity contribution in [3.63, 3.8) is 0 Å². The molecule has 3 aromatic rings. The Morgan fingerprint density at radius 1 is 1.03 bits per heavy atom. The summed E-state index contributed by atoms with van der Waals surface area (Å²) in [6.45, 7) is 4.03.